The van der Waals surface area contributed by atoms with Gasteiger partial charge >= 0.3 is 0 Å². The molecule has 0 amide bonds. The van der Waals surface area contributed by atoms with Crippen LogP contribution < -0.4 is 10.6 Å². The SMILES string of the molecule is C#CCNCCC.C#CCNCCC.Cl. The van der Waals surface area contributed by atoms with Crippen LogP contribution in [0, 0.1) is 24.7 Å². The molecule has 0 rings (SSSR count). The van der Waals surface area contributed by atoms with Gasteiger partial charge in [-0.25, -0.2) is 0 Å². The van der Waals surface area contributed by atoms with Gasteiger partial charge in [-0.1, -0.05) is 25.7 Å². The van der Waals surface area contributed by atoms with Crippen LogP contribution in [0.3, 0.4) is 0 Å². The van der Waals surface area contributed by atoms with Gasteiger partial charge in [-0.05, 0) is 25.9 Å². The first kappa shape index (κ1) is 19.8. The van der Waals surface area contributed by atoms with Crippen LogP contribution in [0.4, 0.5) is 0 Å². The highest BCUT2D eigenvalue weighted by Gasteiger charge is 1.74. The molecule has 0 aliphatic carbocycles. The molecule has 0 spiro atoms. The molecular formula is C12H23ClN2. The molecule has 88 valence electrons. The van der Waals surface area contributed by atoms with Crippen molar-refractivity contribution in [3.05, 3.63) is 0 Å². The number of terminal acetylenes is 2. The molecule has 2 N–H and O–H groups in total. The monoisotopic (exact) mass is 230 g/mol. The Hall–Kier alpha value is -0.670. The molecule has 0 bridgehead atoms. The summed E-state index contributed by atoms with van der Waals surface area (Å²) in [6.07, 6.45) is 12.2. The number of rotatable bonds is 6. The van der Waals surface area contributed by atoms with Crippen molar-refractivity contribution in [2.75, 3.05) is 26.2 Å². The molecule has 0 saturated carbocycles. The molecule has 0 aromatic rings. The van der Waals surface area contributed by atoms with E-state index in [9.17, 15) is 0 Å². The van der Waals surface area contributed by atoms with Gasteiger partial charge in [0.25, 0.3) is 0 Å². The van der Waals surface area contributed by atoms with Crippen molar-refractivity contribution >= 4 is 12.4 Å². The third-order valence-electron chi connectivity index (χ3n) is 1.31. The van der Waals surface area contributed by atoms with E-state index in [0.29, 0.717) is 13.1 Å². The standard InChI is InChI=1S/2C6H11N.ClH/c2*1-3-5-7-6-4-2;/h2*1,7H,4-6H2,2H3;1H. The van der Waals surface area contributed by atoms with Crippen molar-refractivity contribution in [3.63, 3.8) is 0 Å². The first-order valence-corrected chi connectivity index (χ1v) is 5.11. The van der Waals surface area contributed by atoms with Gasteiger partial charge in [0.1, 0.15) is 0 Å². The van der Waals surface area contributed by atoms with Gasteiger partial charge in [0, 0.05) is 0 Å². The molecule has 0 aromatic carbocycles. The Morgan fingerprint density at radius 1 is 0.867 bits per heavy atom. The summed E-state index contributed by atoms with van der Waals surface area (Å²) in [5.41, 5.74) is 0. The zero-order valence-electron chi connectivity index (χ0n) is 9.81. The third-order valence-corrected chi connectivity index (χ3v) is 1.31. The Bertz CT molecular complexity index is 147. The minimum Gasteiger partial charge on any atom is -0.306 e. The number of halogens is 1. The lowest BCUT2D eigenvalue weighted by molar-refractivity contribution is 0.737. The molecule has 0 atom stereocenters. The second kappa shape index (κ2) is 23.3. The van der Waals surface area contributed by atoms with Crippen LogP contribution in [0.5, 0.6) is 0 Å². The Labute approximate surface area is 101 Å². The second-order valence-corrected chi connectivity index (χ2v) is 2.76. The molecule has 15 heavy (non-hydrogen) atoms. The van der Waals surface area contributed by atoms with E-state index in [1.165, 1.54) is 0 Å². The summed E-state index contributed by atoms with van der Waals surface area (Å²) < 4.78 is 0. The first-order valence-electron chi connectivity index (χ1n) is 5.11. The van der Waals surface area contributed by atoms with Crippen LogP contribution >= 0.6 is 12.4 Å². The summed E-state index contributed by atoms with van der Waals surface area (Å²) >= 11 is 0. The maximum absolute atomic E-state index is 4.96. The zero-order valence-corrected chi connectivity index (χ0v) is 10.6. The highest BCUT2D eigenvalue weighted by Crippen LogP contribution is 1.66. The molecule has 2 nitrogen and oxygen atoms in total. The molecule has 0 unspecified atom stereocenters. The van der Waals surface area contributed by atoms with Gasteiger partial charge in [0.15, 0.2) is 0 Å². The largest absolute Gasteiger partial charge is 0.306 e. The minimum absolute atomic E-state index is 0. The highest BCUT2D eigenvalue weighted by molar-refractivity contribution is 5.85. The summed E-state index contributed by atoms with van der Waals surface area (Å²) in [5, 5.41) is 6.10. The van der Waals surface area contributed by atoms with Crippen molar-refractivity contribution in [1.82, 2.24) is 10.6 Å². The lowest BCUT2D eigenvalue weighted by Crippen LogP contribution is -2.13. The fourth-order valence-corrected chi connectivity index (χ4v) is 0.675. The maximum atomic E-state index is 4.96. The van der Waals surface area contributed by atoms with E-state index < -0.39 is 0 Å². The predicted octanol–water partition coefficient (Wildman–Crippen LogP) is 1.66. The van der Waals surface area contributed by atoms with E-state index in [0.717, 1.165) is 25.9 Å². The summed E-state index contributed by atoms with van der Waals surface area (Å²) in [6, 6.07) is 0. The summed E-state index contributed by atoms with van der Waals surface area (Å²) in [6.45, 7) is 7.70. The van der Waals surface area contributed by atoms with Gasteiger partial charge in [0.05, 0.1) is 13.1 Å². The molecule has 0 heterocycles. The smallest absolute Gasteiger partial charge is 0.0573 e. The fourth-order valence-electron chi connectivity index (χ4n) is 0.675. The topological polar surface area (TPSA) is 24.1 Å². The van der Waals surface area contributed by atoms with Crippen LogP contribution in [0.25, 0.3) is 0 Å². The summed E-state index contributed by atoms with van der Waals surface area (Å²) in [5.74, 6) is 4.98. The third kappa shape index (κ3) is 31.8. The van der Waals surface area contributed by atoms with Crippen molar-refractivity contribution in [2.24, 2.45) is 0 Å². The van der Waals surface area contributed by atoms with Crippen molar-refractivity contribution < 1.29 is 0 Å². The average molecular weight is 231 g/mol. The maximum Gasteiger partial charge on any atom is 0.0573 e. The molecule has 0 radical (unpaired) electrons. The van der Waals surface area contributed by atoms with Crippen LogP contribution in [0.2, 0.25) is 0 Å². The van der Waals surface area contributed by atoms with Crippen LogP contribution in [0.1, 0.15) is 26.7 Å². The normalized spacial score (nSPS) is 7.47. The predicted molar refractivity (Wildman–Crippen MR) is 71.2 cm³/mol. The number of hydrogen-bond acceptors (Lipinski definition) is 2. The van der Waals surface area contributed by atoms with Gasteiger partial charge in [0.2, 0.25) is 0 Å². The quantitative estimate of drug-likeness (QED) is 0.536. The highest BCUT2D eigenvalue weighted by atomic mass is 35.5. The second-order valence-electron chi connectivity index (χ2n) is 2.76. The fraction of sp³-hybridized carbons (Fsp3) is 0.667. The first-order chi connectivity index (χ1) is 6.83. The lowest BCUT2D eigenvalue weighted by Gasteiger charge is -1.91. The summed E-state index contributed by atoms with van der Waals surface area (Å²) in [4.78, 5) is 0. The summed E-state index contributed by atoms with van der Waals surface area (Å²) in [7, 11) is 0. The minimum atomic E-state index is 0. The number of nitrogens with one attached hydrogen (secondary N) is 2. The van der Waals surface area contributed by atoms with E-state index in [2.05, 4.69) is 36.3 Å². The molecule has 0 saturated heterocycles. The van der Waals surface area contributed by atoms with Gasteiger partial charge < -0.3 is 10.6 Å². The zero-order chi connectivity index (χ0) is 11.1. The van der Waals surface area contributed by atoms with Crippen molar-refractivity contribution in [1.29, 1.82) is 0 Å². The van der Waals surface area contributed by atoms with E-state index in [4.69, 9.17) is 12.8 Å². The molecule has 0 aliphatic rings. The van der Waals surface area contributed by atoms with E-state index >= 15 is 0 Å². The Morgan fingerprint density at radius 2 is 1.20 bits per heavy atom. The molecule has 0 aromatic heterocycles. The Morgan fingerprint density at radius 3 is 1.40 bits per heavy atom. The van der Waals surface area contributed by atoms with Gasteiger partial charge in [-0.2, -0.15) is 0 Å². The van der Waals surface area contributed by atoms with E-state index in [-0.39, 0.29) is 12.4 Å². The number of hydrogen-bond donors (Lipinski definition) is 2. The van der Waals surface area contributed by atoms with E-state index in [1.54, 1.807) is 0 Å². The van der Waals surface area contributed by atoms with Crippen molar-refractivity contribution in [3.8, 4) is 24.7 Å². The molecular weight excluding hydrogens is 208 g/mol. The Kier molecular flexibility index (Phi) is 30.8. The molecule has 0 aliphatic heterocycles. The Balaban J connectivity index is -0.000000180. The molecule has 0 fully saturated rings. The van der Waals surface area contributed by atoms with Crippen LogP contribution in [0.15, 0.2) is 0 Å². The van der Waals surface area contributed by atoms with Crippen molar-refractivity contribution in [2.45, 2.75) is 26.7 Å². The van der Waals surface area contributed by atoms with Gasteiger partial charge in [-0.15, -0.1) is 25.3 Å². The van der Waals surface area contributed by atoms with E-state index in [1.807, 2.05) is 0 Å². The molecule has 3 heteroatoms. The lowest BCUT2D eigenvalue weighted by atomic mass is 10.5. The van der Waals surface area contributed by atoms with Crippen LogP contribution in [-0.2, 0) is 0 Å². The van der Waals surface area contributed by atoms with Gasteiger partial charge in [-0.3, -0.25) is 0 Å². The van der Waals surface area contributed by atoms with Crippen LogP contribution in [-0.4, -0.2) is 26.2 Å². The average Bonchev–Trinajstić information content (AvgIpc) is 2.21.